The predicted molar refractivity (Wildman–Crippen MR) is 80.2 cm³/mol. The quantitative estimate of drug-likeness (QED) is 0.846. The summed E-state index contributed by atoms with van der Waals surface area (Å²) in [6.45, 7) is 9.17. The lowest BCUT2D eigenvalue weighted by atomic mass is 9.79. The second-order valence-corrected chi connectivity index (χ2v) is 5.20. The Balaban J connectivity index is 0.000000861. The number of hydrogen-bond donors (Lipinski definition) is 1. The van der Waals surface area contributed by atoms with Gasteiger partial charge in [0.15, 0.2) is 0 Å². The third-order valence-corrected chi connectivity index (χ3v) is 3.71. The fourth-order valence-electron chi connectivity index (χ4n) is 2.83. The van der Waals surface area contributed by atoms with Crippen molar-refractivity contribution in [1.82, 2.24) is 10.2 Å². The molecule has 0 bridgehead atoms. The normalized spacial score (nSPS) is 22.5. The molecule has 1 N–H and O–H groups in total. The first-order chi connectivity index (χ1) is 9.15. The highest BCUT2D eigenvalue weighted by Gasteiger charge is 2.34. The zero-order valence-corrected chi connectivity index (χ0v) is 12.6. The Hall–Kier alpha value is -1.35. The van der Waals surface area contributed by atoms with Crippen molar-refractivity contribution in [3.8, 4) is 0 Å². The van der Waals surface area contributed by atoms with E-state index in [1.165, 1.54) is 17.5 Å². The summed E-state index contributed by atoms with van der Waals surface area (Å²) in [6, 6.07) is 8.42. The summed E-state index contributed by atoms with van der Waals surface area (Å²) in [5.41, 5.74) is 2.83. The molecule has 19 heavy (non-hydrogen) atoms. The van der Waals surface area contributed by atoms with Crippen molar-refractivity contribution in [2.45, 2.75) is 39.2 Å². The van der Waals surface area contributed by atoms with Crippen LogP contribution in [0.5, 0.6) is 0 Å². The van der Waals surface area contributed by atoms with Gasteiger partial charge in [-0.25, -0.2) is 0 Å². The Morgan fingerprint density at radius 2 is 2.05 bits per heavy atom. The van der Waals surface area contributed by atoms with Crippen molar-refractivity contribution in [1.29, 1.82) is 0 Å². The van der Waals surface area contributed by atoms with Gasteiger partial charge in [-0.3, -0.25) is 4.79 Å². The van der Waals surface area contributed by atoms with Gasteiger partial charge >= 0.3 is 0 Å². The molecule has 0 radical (unpaired) electrons. The molecular formula is C16H26N2O. The summed E-state index contributed by atoms with van der Waals surface area (Å²) in [7, 11) is 2.16. The highest BCUT2D eigenvalue weighted by molar-refractivity contribution is 5.47. The Morgan fingerprint density at radius 3 is 2.63 bits per heavy atom. The number of carbonyl (C=O) groups excluding carboxylic acids is 1. The maximum atomic E-state index is 10.4. The molecule has 3 nitrogen and oxygen atoms in total. The maximum absolute atomic E-state index is 10.4. The zero-order chi connectivity index (χ0) is 14.3. The van der Waals surface area contributed by atoms with Crippen LogP contribution in [0.1, 0.15) is 38.3 Å². The van der Waals surface area contributed by atoms with Gasteiger partial charge in [0.25, 0.3) is 0 Å². The van der Waals surface area contributed by atoms with Crippen LogP contribution >= 0.6 is 0 Å². The van der Waals surface area contributed by atoms with E-state index in [2.05, 4.69) is 42.4 Å². The number of amides is 1. The van der Waals surface area contributed by atoms with Crippen LogP contribution in [-0.4, -0.2) is 31.4 Å². The van der Waals surface area contributed by atoms with E-state index in [0.717, 1.165) is 19.5 Å². The van der Waals surface area contributed by atoms with Crippen LogP contribution in [0.2, 0.25) is 0 Å². The molecule has 0 aliphatic carbocycles. The van der Waals surface area contributed by atoms with E-state index in [9.17, 15) is 4.79 Å². The predicted octanol–water partition coefficient (Wildman–Crippen LogP) is 2.55. The standard InChI is InChI=1S/C14H20N2O.C2H6/c1-14(7-8-16(2)10-14)13-6-4-3-5-12(13)9-15-11-17;1-2/h3-6,11H,7-10H2,1-2H3,(H,15,17);1-2H3. The fraction of sp³-hybridized carbons (Fsp3) is 0.562. The highest BCUT2D eigenvalue weighted by atomic mass is 16.1. The molecule has 1 unspecified atom stereocenters. The highest BCUT2D eigenvalue weighted by Crippen LogP contribution is 2.35. The first-order valence-electron chi connectivity index (χ1n) is 7.10. The SMILES string of the molecule is CC.CN1CCC(C)(c2ccccc2CNC=O)C1. The van der Waals surface area contributed by atoms with Gasteiger partial charge in [0, 0.05) is 18.5 Å². The van der Waals surface area contributed by atoms with Crippen LogP contribution in [0.15, 0.2) is 24.3 Å². The number of benzene rings is 1. The van der Waals surface area contributed by atoms with Gasteiger partial charge in [-0.1, -0.05) is 45.0 Å². The Labute approximate surface area is 117 Å². The number of rotatable bonds is 4. The van der Waals surface area contributed by atoms with E-state index in [0.29, 0.717) is 6.54 Å². The summed E-state index contributed by atoms with van der Waals surface area (Å²) in [5.74, 6) is 0. The molecular weight excluding hydrogens is 236 g/mol. The lowest BCUT2D eigenvalue weighted by molar-refractivity contribution is -0.109. The van der Waals surface area contributed by atoms with E-state index in [1.807, 2.05) is 19.9 Å². The van der Waals surface area contributed by atoms with Gasteiger partial charge in [0.2, 0.25) is 6.41 Å². The van der Waals surface area contributed by atoms with Gasteiger partial charge in [0.05, 0.1) is 0 Å². The van der Waals surface area contributed by atoms with Crippen molar-refractivity contribution in [2.75, 3.05) is 20.1 Å². The summed E-state index contributed by atoms with van der Waals surface area (Å²) < 4.78 is 0. The maximum Gasteiger partial charge on any atom is 0.207 e. The number of carbonyl (C=O) groups is 1. The average Bonchev–Trinajstić information content (AvgIpc) is 2.80. The largest absolute Gasteiger partial charge is 0.355 e. The number of likely N-dealkylation sites (tertiary alicyclic amines) is 1. The molecule has 0 spiro atoms. The van der Waals surface area contributed by atoms with Crippen LogP contribution in [0.4, 0.5) is 0 Å². The van der Waals surface area contributed by atoms with Gasteiger partial charge in [-0.2, -0.15) is 0 Å². The number of nitrogens with zero attached hydrogens (tertiary/aromatic N) is 1. The second kappa shape index (κ2) is 7.29. The Bertz CT molecular complexity index is 405. The number of likely N-dealkylation sites (N-methyl/N-ethyl adjacent to an activating group) is 1. The monoisotopic (exact) mass is 262 g/mol. The summed E-state index contributed by atoms with van der Waals surface area (Å²) >= 11 is 0. The Kier molecular flexibility index (Phi) is 6.03. The minimum Gasteiger partial charge on any atom is -0.355 e. The van der Waals surface area contributed by atoms with Crippen LogP contribution in [0, 0.1) is 0 Å². The molecule has 1 aromatic rings. The van der Waals surface area contributed by atoms with Crippen LogP contribution in [-0.2, 0) is 16.8 Å². The molecule has 106 valence electrons. The van der Waals surface area contributed by atoms with E-state index in [1.54, 1.807) is 0 Å². The number of hydrogen-bond acceptors (Lipinski definition) is 2. The summed E-state index contributed by atoms with van der Waals surface area (Å²) in [5, 5.41) is 2.76. The van der Waals surface area contributed by atoms with Gasteiger partial charge in [-0.15, -0.1) is 0 Å². The summed E-state index contributed by atoms with van der Waals surface area (Å²) in [6.07, 6.45) is 1.95. The molecule has 1 heterocycles. The lowest BCUT2D eigenvalue weighted by Crippen LogP contribution is -2.28. The lowest BCUT2D eigenvalue weighted by Gasteiger charge is -2.27. The minimum absolute atomic E-state index is 0.218. The molecule has 1 fully saturated rings. The molecule has 2 rings (SSSR count). The van der Waals surface area contributed by atoms with Crippen LogP contribution in [0.25, 0.3) is 0 Å². The van der Waals surface area contributed by atoms with Gasteiger partial charge in [0.1, 0.15) is 0 Å². The molecule has 3 heteroatoms. The van der Waals surface area contributed by atoms with Crippen LogP contribution in [0.3, 0.4) is 0 Å². The van der Waals surface area contributed by atoms with E-state index >= 15 is 0 Å². The second-order valence-electron chi connectivity index (χ2n) is 5.20. The van der Waals surface area contributed by atoms with Crippen molar-refractivity contribution in [2.24, 2.45) is 0 Å². The fourth-order valence-corrected chi connectivity index (χ4v) is 2.83. The minimum atomic E-state index is 0.218. The van der Waals surface area contributed by atoms with Crippen molar-refractivity contribution < 1.29 is 4.79 Å². The molecule has 0 saturated carbocycles. The van der Waals surface area contributed by atoms with E-state index < -0.39 is 0 Å². The Morgan fingerprint density at radius 1 is 1.37 bits per heavy atom. The van der Waals surface area contributed by atoms with Crippen molar-refractivity contribution >= 4 is 6.41 Å². The molecule has 1 amide bonds. The van der Waals surface area contributed by atoms with Crippen molar-refractivity contribution in [3.05, 3.63) is 35.4 Å². The zero-order valence-electron chi connectivity index (χ0n) is 12.6. The van der Waals surface area contributed by atoms with E-state index in [-0.39, 0.29) is 5.41 Å². The van der Waals surface area contributed by atoms with Crippen molar-refractivity contribution in [3.63, 3.8) is 0 Å². The molecule has 1 aromatic carbocycles. The average molecular weight is 262 g/mol. The third-order valence-electron chi connectivity index (χ3n) is 3.71. The van der Waals surface area contributed by atoms with Gasteiger partial charge in [-0.05, 0) is 31.1 Å². The smallest absolute Gasteiger partial charge is 0.207 e. The van der Waals surface area contributed by atoms with Gasteiger partial charge < -0.3 is 10.2 Å². The van der Waals surface area contributed by atoms with E-state index in [4.69, 9.17) is 0 Å². The van der Waals surface area contributed by atoms with Crippen LogP contribution < -0.4 is 5.32 Å². The molecule has 1 aliphatic heterocycles. The molecule has 1 atom stereocenters. The number of nitrogens with one attached hydrogen (secondary N) is 1. The summed E-state index contributed by atoms with van der Waals surface area (Å²) in [4.78, 5) is 12.8. The third kappa shape index (κ3) is 3.80. The molecule has 1 aliphatic rings. The molecule has 1 saturated heterocycles. The molecule has 0 aromatic heterocycles. The first kappa shape index (κ1) is 15.7. The topological polar surface area (TPSA) is 32.3 Å². The first-order valence-corrected chi connectivity index (χ1v) is 7.10.